The van der Waals surface area contributed by atoms with Crippen LogP contribution < -0.4 is 0 Å². The lowest BCUT2D eigenvalue weighted by Gasteiger charge is -2.25. The summed E-state index contributed by atoms with van der Waals surface area (Å²) in [6, 6.07) is 0. The van der Waals surface area contributed by atoms with Crippen LogP contribution in [0.5, 0.6) is 0 Å². The maximum absolute atomic E-state index is 11.6. The Kier molecular flexibility index (Phi) is 13.6. The molecular weight excluding hydrogens is 260 g/mol. The van der Waals surface area contributed by atoms with E-state index in [-0.39, 0.29) is 5.97 Å². The zero-order valence-corrected chi connectivity index (χ0v) is 14.7. The lowest BCUT2D eigenvalue weighted by molar-refractivity contribution is -0.137. The van der Waals surface area contributed by atoms with E-state index in [9.17, 15) is 4.79 Å². The number of hydrogen-bond acceptors (Lipinski definition) is 2. The highest BCUT2D eigenvalue weighted by molar-refractivity contribution is 5.81. The van der Waals surface area contributed by atoms with Gasteiger partial charge in [0.15, 0.2) is 0 Å². The van der Waals surface area contributed by atoms with Crippen LogP contribution in [0.4, 0.5) is 0 Å². The van der Waals surface area contributed by atoms with Gasteiger partial charge in [0.25, 0.3) is 0 Å². The summed E-state index contributed by atoms with van der Waals surface area (Å²) in [6.45, 7) is 9.06. The third-order valence-corrected chi connectivity index (χ3v) is 4.12. The molecule has 0 saturated carbocycles. The van der Waals surface area contributed by atoms with Gasteiger partial charge >= 0.3 is 5.97 Å². The second-order valence-electron chi connectivity index (χ2n) is 5.96. The second kappa shape index (κ2) is 14.2. The molecule has 0 aromatic carbocycles. The zero-order chi connectivity index (χ0) is 15.9. The Bertz CT molecular complexity index is 263. The van der Waals surface area contributed by atoms with E-state index in [0.29, 0.717) is 12.5 Å². The van der Waals surface area contributed by atoms with Crippen LogP contribution in [0.1, 0.15) is 85.5 Å². The minimum Gasteiger partial charge on any atom is -0.463 e. The molecule has 1 atom stereocenters. The van der Waals surface area contributed by atoms with Crippen LogP contribution in [0, 0.1) is 11.8 Å². The van der Waals surface area contributed by atoms with Crippen molar-refractivity contribution in [1.82, 2.24) is 0 Å². The van der Waals surface area contributed by atoms with Gasteiger partial charge in [0.1, 0.15) is 0 Å². The highest BCUT2D eigenvalue weighted by Gasteiger charge is 2.18. The number of hydrogen-bond donors (Lipinski definition) is 0. The van der Waals surface area contributed by atoms with Crippen molar-refractivity contribution < 1.29 is 9.53 Å². The standard InChI is InChI=1S/C19H36O2/c1-5-9-12-17(13-10-6-2)18(14-11-7-3)15-16-19(20)21-8-4/h15-18H,5-14H2,1-4H3/b16-15+. The number of allylic oxidation sites excluding steroid dienone is 1. The molecule has 0 aliphatic heterocycles. The summed E-state index contributed by atoms with van der Waals surface area (Å²) in [7, 11) is 0. The van der Waals surface area contributed by atoms with Crippen LogP contribution in [0.25, 0.3) is 0 Å². The van der Waals surface area contributed by atoms with Crippen LogP contribution in [0.2, 0.25) is 0 Å². The largest absolute Gasteiger partial charge is 0.463 e. The number of carbonyl (C=O) groups is 1. The van der Waals surface area contributed by atoms with Gasteiger partial charge < -0.3 is 4.74 Å². The molecule has 0 bridgehead atoms. The molecule has 0 saturated heterocycles. The summed E-state index contributed by atoms with van der Waals surface area (Å²) < 4.78 is 5.01. The first-order valence-electron chi connectivity index (χ1n) is 9.04. The molecule has 21 heavy (non-hydrogen) atoms. The molecule has 0 aromatic rings. The summed E-state index contributed by atoms with van der Waals surface area (Å²) in [5.41, 5.74) is 0. The van der Waals surface area contributed by atoms with Crippen molar-refractivity contribution in [2.75, 3.05) is 6.61 Å². The van der Waals surface area contributed by atoms with Gasteiger partial charge in [0.2, 0.25) is 0 Å². The van der Waals surface area contributed by atoms with Gasteiger partial charge in [-0.15, -0.1) is 0 Å². The molecule has 0 aromatic heterocycles. The SMILES string of the molecule is CCCCC(/C=C/C(=O)OCC)C(CCCC)CCCC. The summed E-state index contributed by atoms with van der Waals surface area (Å²) in [5, 5.41) is 0. The maximum Gasteiger partial charge on any atom is 0.330 e. The molecule has 0 spiro atoms. The fourth-order valence-electron chi connectivity index (χ4n) is 2.83. The predicted octanol–water partition coefficient (Wildman–Crippen LogP) is 5.91. The van der Waals surface area contributed by atoms with Crippen LogP contribution in [0.15, 0.2) is 12.2 Å². The normalized spacial score (nSPS) is 13.0. The van der Waals surface area contributed by atoms with Gasteiger partial charge in [-0.25, -0.2) is 4.79 Å². The second-order valence-corrected chi connectivity index (χ2v) is 5.96. The first-order chi connectivity index (χ1) is 10.2. The third kappa shape index (κ3) is 10.6. The molecule has 0 radical (unpaired) electrons. The van der Waals surface area contributed by atoms with Crippen LogP contribution in [-0.4, -0.2) is 12.6 Å². The Balaban J connectivity index is 4.70. The van der Waals surface area contributed by atoms with Gasteiger partial charge in [-0.3, -0.25) is 0 Å². The van der Waals surface area contributed by atoms with E-state index in [4.69, 9.17) is 4.74 Å². The van der Waals surface area contributed by atoms with E-state index in [0.717, 1.165) is 5.92 Å². The Morgan fingerprint density at radius 3 is 1.90 bits per heavy atom. The van der Waals surface area contributed by atoms with Crippen molar-refractivity contribution in [3.8, 4) is 0 Å². The maximum atomic E-state index is 11.6. The fraction of sp³-hybridized carbons (Fsp3) is 0.842. The first-order valence-corrected chi connectivity index (χ1v) is 9.04. The fourth-order valence-corrected chi connectivity index (χ4v) is 2.83. The molecular formula is C19H36O2. The van der Waals surface area contributed by atoms with Crippen molar-refractivity contribution in [3.05, 3.63) is 12.2 Å². The van der Waals surface area contributed by atoms with Crippen molar-refractivity contribution in [3.63, 3.8) is 0 Å². The molecule has 0 N–H and O–H groups in total. The molecule has 0 aliphatic rings. The van der Waals surface area contributed by atoms with Crippen molar-refractivity contribution in [2.45, 2.75) is 85.5 Å². The van der Waals surface area contributed by atoms with Gasteiger partial charge in [-0.2, -0.15) is 0 Å². The van der Waals surface area contributed by atoms with Crippen molar-refractivity contribution in [1.29, 1.82) is 0 Å². The summed E-state index contributed by atoms with van der Waals surface area (Å²) >= 11 is 0. The van der Waals surface area contributed by atoms with E-state index in [2.05, 4.69) is 26.8 Å². The van der Waals surface area contributed by atoms with Crippen molar-refractivity contribution in [2.24, 2.45) is 11.8 Å². The Morgan fingerprint density at radius 1 is 0.905 bits per heavy atom. The molecule has 1 unspecified atom stereocenters. The molecule has 2 nitrogen and oxygen atoms in total. The molecule has 0 fully saturated rings. The van der Waals surface area contributed by atoms with Crippen LogP contribution >= 0.6 is 0 Å². The first kappa shape index (κ1) is 20.2. The van der Waals surface area contributed by atoms with E-state index in [1.807, 2.05) is 6.92 Å². The van der Waals surface area contributed by atoms with E-state index < -0.39 is 0 Å². The Labute approximate surface area is 132 Å². The molecule has 0 aliphatic carbocycles. The molecule has 124 valence electrons. The lowest BCUT2D eigenvalue weighted by atomic mass is 9.81. The summed E-state index contributed by atoms with van der Waals surface area (Å²) in [4.78, 5) is 11.6. The lowest BCUT2D eigenvalue weighted by Crippen LogP contribution is -2.14. The smallest absolute Gasteiger partial charge is 0.330 e. The highest BCUT2D eigenvalue weighted by Crippen LogP contribution is 2.29. The average molecular weight is 296 g/mol. The number of ether oxygens (including phenoxy) is 1. The monoisotopic (exact) mass is 296 g/mol. The van der Waals surface area contributed by atoms with E-state index >= 15 is 0 Å². The minimum absolute atomic E-state index is 0.191. The van der Waals surface area contributed by atoms with E-state index in [1.54, 1.807) is 6.08 Å². The Hall–Kier alpha value is -0.790. The average Bonchev–Trinajstić information content (AvgIpc) is 2.48. The molecule has 2 heteroatoms. The number of carbonyl (C=O) groups excluding carboxylic acids is 1. The third-order valence-electron chi connectivity index (χ3n) is 4.12. The van der Waals surface area contributed by atoms with E-state index in [1.165, 1.54) is 57.8 Å². The van der Waals surface area contributed by atoms with Crippen LogP contribution in [0.3, 0.4) is 0 Å². The van der Waals surface area contributed by atoms with Gasteiger partial charge in [0, 0.05) is 6.08 Å². The Morgan fingerprint density at radius 2 is 1.43 bits per heavy atom. The topological polar surface area (TPSA) is 26.3 Å². The number of rotatable bonds is 13. The quantitative estimate of drug-likeness (QED) is 0.312. The summed E-state index contributed by atoms with van der Waals surface area (Å²) in [5.74, 6) is 1.07. The minimum atomic E-state index is -0.191. The van der Waals surface area contributed by atoms with Crippen LogP contribution in [-0.2, 0) is 9.53 Å². The zero-order valence-electron chi connectivity index (χ0n) is 14.7. The predicted molar refractivity (Wildman–Crippen MR) is 91.3 cm³/mol. The molecule has 0 amide bonds. The number of esters is 1. The molecule has 0 heterocycles. The highest BCUT2D eigenvalue weighted by atomic mass is 16.5. The van der Waals surface area contributed by atoms with Crippen molar-refractivity contribution >= 4 is 5.97 Å². The number of unbranched alkanes of at least 4 members (excludes halogenated alkanes) is 3. The summed E-state index contributed by atoms with van der Waals surface area (Å²) in [6.07, 6.45) is 15.1. The van der Waals surface area contributed by atoms with Gasteiger partial charge in [-0.1, -0.05) is 65.4 Å². The molecule has 0 rings (SSSR count). The van der Waals surface area contributed by atoms with Gasteiger partial charge in [-0.05, 0) is 38.0 Å². The van der Waals surface area contributed by atoms with Gasteiger partial charge in [0.05, 0.1) is 6.61 Å².